The second-order valence-electron chi connectivity index (χ2n) is 4.94. The third-order valence-electron chi connectivity index (χ3n) is 3.56. The van der Waals surface area contributed by atoms with Gasteiger partial charge in [-0.3, -0.25) is 9.48 Å². The zero-order chi connectivity index (χ0) is 15.2. The average molecular weight is 287 g/mol. The van der Waals surface area contributed by atoms with E-state index in [1.807, 2.05) is 6.07 Å². The Morgan fingerprint density at radius 2 is 2.10 bits per heavy atom. The molecule has 0 radical (unpaired) electrons. The average Bonchev–Trinajstić information content (AvgIpc) is 2.98. The molecule has 0 bridgehead atoms. The van der Waals surface area contributed by atoms with Crippen molar-refractivity contribution in [1.29, 1.82) is 0 Å². The predicted molar refractivity (Wildman–Crippen MR) is 82.2 cm³/mol. The van der Waals surface area contributed by atoms with Crippen LogP contribution in [0.15, 0.2) is 36.5 Å². The minimum atomic E-state index is -0.186. The minimum Gasteiger partial charge on any atom is -0.392 e. The fraction of sp³-hybridized carbons (Fsp3) is 0.375. The van der Waals surface area contributed by atoms with Crippen LogP contribution in [0.2, 0.25) is 0 Å². The molecule has 5 nitrogen and oxygen atoms in total. The highest BCUT2D eigenvalue weighted by atomic mass is 16.3. The third kappa shape index (κ3) is 3.49. The van der Waals surface area contributed by atoms with Crippen molar-refractivity contribution in [2.24, 2.45) is 0 Å². The molecule has 1 amide bonds. The molecule has 112 valence electrons. The first-order chi connectivity index (χ1) is 10.2. The molecule has 0 saturated carbocycles. The van der Waals surface area contributed by atoms with Crippen LogP contribution in [0.25, 0.3) is 0 Å². The molecule has 1 aromatic heterocycles. The van der Waals surface area contributed by atoms with Gasteiger partial charge >= 0.3 is 0 Å². The number of nitrogens with one attached hydrogen (secondary N) is 1. The largest absolute Gasteiger partial charge is 0.392 e. The lowest BCUT2D eigenvalue weighted by Crippen LogP contribution is -2.20. The molecule has 0 saturated heterocycles. The standard InChI is InChI=1S/C16H21N3O2/c1-3-14(4-2)19-15(8-9-17-19)16(21)18-13-7-5-6-12(10-13)11-20/h5-10,14,20H,3-4,11H2,1-2H3,(H,18,21). The van der Waals surface area contributed by atoms with Crippen LogP contribution in [0.3, 0.4) is 0 Å². The lowest BCUT2D eigenvalue weighted by atomic mass is 10.1. The van der Waals surface area contributed by atoms with E-state index in [0.29, 0.717) is 11.4 Å². The molecule has 0 aliphatic rings. The lowest BCUT2D eigenvalue weighted by Gasteiger charge is -2.16. The third-order valence-corrected chi connectivity index (χ3v) is 3.56. The van der Waals surface area contributed by atoms with Gasteiger partial charge in [0.25, 0.3) is 5.91 Å². The molecular weight excluding hydrogens is 266 g/mol. The van der Waals surface area contributed by atoms with E-state index in [1.54, 1.807) is 35.1 Å². The molecule has 21 heavy (non-hydrogen) atoms. The summed E-state index contributed by atoms with van der Waals surface area (Å²) >= 11 is 0. The van der Waals surface area contributed by atoms with E-state index in [-0.39, 0.29) is 18.6 Å². The summed E-state index contributed by atoms with van der Waals surface area (Å²) in [6.45, 7) is 4.12. The number of aliphatic hydroxyl groups excluding tert-OH is 1. The molecule has 2 aromatic rings. The fourth-order valence-electron chi connectivity index (χ4n) is 2.36. The first-order valence-electron chi connectivity index (χ1n) is 7.24. The molecule has 1 heterocycles. The van der Waals surface area contributed by atoms with E-state index in [4.69, 9.17) is 5.11 Å². The molecule has 0 spiro atoms. The second-order valence-corrected chi connectivity index (χ2v) is 4.94. The molecule has 0 unspecified atom stereocenters. The van der Waals surface area contributed by atoms with Crippen LogP contribution in [-0.4, -0.2) is 20.8 Å². The van der Waals surface area contributed by atoms with Crippen molar-refractivity contribution in [3.8, 4) is 0 Å². The van der Waals surface area contributed by atoms with E-state index < -0.39 is 0 Å². The zero-order valence-corrected chi connectivity index (χ0v) is 12.4. The summed E-state index contributed by atoms with van der Waals surface area (Å²) < 4.78 is 1.78. The Morgan fingerprint density at radius 1 is 1.33 bits per heavy atom. The van der Waals surface area contributed by atoms with Crippen molar-refractivity contribution in [2.45, 2.75) is 39.3 Å². The number of anilines is 1. The van der Waals surface area contributed by atoms with Gasteiger partial charge in [0.1, 0.15) is 5.69 Å². The number of carbonyl (C=O) groups excluding carboxylic acids is 1. The Kier molecular flexibility index (Phi) is 5.11. The van der Waals surface area contributed by atoms with Crippen LogP contribution in [0.1, 0.15) is 48.8 Å². The summed E-state index contributed by atoms with van der Waals surface area (Å²) in [6, 6.07) is 9.13. The second kappa shape index (κ2) is 7.04. The molecule has 0 aliphatic carbocycles. The monoisotopic (exact) mass is 287 g/mol. The molecule has 2 rings (SSSR count). The van der Waals surface area contributed by atoms with E-state index in [1.165, 1.54) is 0 Å². The molecule has 0 atom stereocenters. The van der Waals surface area contributed by atoms with Crippen LogP contribution in [0.5, 0.6) is 0 Å². The summed E-state index contributed by atoms with van der Waals surface area (Å²) in [5.74, 6) is -0.186. The van der Waals surface area contributed by atoms with E-state index in [2.05, 4.69) is 24.3 Å². The number of aliphatic hydroxyl groups is 1. The number of hydrogen-bond acceptors (Lipinski definition) is 3. The van der Waals surface area contributed by atoms with Crippen molar-refractivity contribution in [2.75, 3.05) is 5.32 Å². The Bertz CT molecular complexity index is 603. The maximum absolute atomic E-state index is 12.4. The van der Waals surface area contributed by atoms with Gasteiger partial charge in [-0.15, -0.1) is 0 Å². The molecule has 0 aliphatic heterocycles. The normalized spacial score (nSPS) is 10.9. The maximum Gasteiger partial charge on any atom is 0.273 e. The number of hydrogen-bond donors (Lipinski definition) is 2. The van der Waals surface area contributed by atoms with Crippen LogP contribution in [0, 0.1) is 0 Å². The van der Waals surface area contributed by atoms with Crippen LogP contribution < -0.4 is 5.32 Å². The number of benzene rings is 1. The Labute approximate surface area is 124 Å². The van der Waals surface area contributed by atoms with Gasteiger partial charge in [0.05, 0.1) is 12.6 Å². The van der Waals surface area contributed by atoms with Gasteiger partial charge < -0.3 is 10.4 Å². The van der Waals surface area contributed by atoms with Gasteiger partial charge in [-0.1, -0.05) is 26.0 Å². The van der Waals surface area contributed by atoms with Gasteiger partial charge in [-0.25, -0.2) is 0 Å². The number of nitrogens with zero attached hydrogens (tertiary/aromatic N) is 2. The van der Waals surface area contributed by atoms with Gasteiger partial charge in [-0.2, -0.15) is 5.10 Å². The first-order valence-corrected chi connectivity index (χ1v) is 7.24. The maximum atomic E-state index is 12.4. The van der Waals surface area contributed by atoms with Crippen molar-refractivity contribution < 1.29 is 9.90 Å². The fourth-order valence-corrected chi connectivity index (χ4v) is 2.36. The SMILES string of the molecule is CCC(CC)n1nccc1C(=O)Nc1cccc(CO)c1. The molecule has 0 fully saturated rings. The Morgan fingerprint density at radius 3 is 2.76 bits per heavy atom. The van der Waals surface area contributed by atoms with Crippen molar-refractivity contribution in [3.63, 3.8) is 0 Å². The van der Waals surface area contributed by atoms with Crippen LogP contribution in [0.4, 0.5) is 5.69 Å². The van der Waals surface area contributed by atoms with Gasteiger partial charge in [0, 0.05) is 11.9 Å². The number of rotatable bonds is 6. The molecular formula is C16H21N3O2. The van der Waals surface area contributed by atoms with Crippen molar-refractivity contribution in [1.82, 2.24) is 9.78 Å². The highest BCUT2D eigenvalue weighted by Gasteiger charge is 2.17. The number of carbonyl (C=O) groups is 1. The van der Waals surface area contributed by atoms with Crippen molar-refractivity contribution in [3.05, 3.63) is 47.8 Å². The van der Waals surface area contributed by atoms with E-state index in [0.717, 1.165) is 18.4 Å². The van der Waals surface area contributed by atoms with E-state index in [9.17, 15) is 4.79 Å². The van der Waals surface area contributed by atoms with Crippen molar-refractivity contribution >= 4 is 11.6 Å². The minimum absolute atomic E-state index is 0.0462. The Balaban J connectivity index is 2.19. The van der Waals surface area contributed by atoms with Crippen LogP contribution >= 0.6 is 0 Å². The summed E-state index contributed by atoms with van der Waals surface area (Å²) in [5.41, 5.74) is 1.99. The summed E-state index contributed by atoms with van der Waals surface area (Å²) in [4.78, 5) is 12.4. The van der Waals surface area contributed by atoms with Gasteiger partial charge in [0.15, 0.2) is 0 Å². The van der Waals surface area contributed by atoms with Gasteiger partial charge in [0.2, 0.25) is 0 Å². The summed E-state index contributed by atoms with van der Waals surface area (Å²) in [6.07, 6.45) is 3.51. The highest BCUT2D eigenvalue weighted by Crippen LogP contribution is 2.18. The Hall–Kier alpha value is -2.14. The van der Waals surface area contributed by atoms with E-state index >= 15 is 0 Å². The van der Waals surface area contributed by atoms with Gasteiger partial charge in [-0.05, 0) is 36.6 Å². The smallest absolute Gasteiger partial charge is 0.273 e. The predicted octanol–water partition coefficient (Wildman–Crippen LogP) is 2.99. The summed E-state index contributed by atoms with van der Waals surface area (Å²) in [7, 11) is 0. The lowest BCUT2D eigenvalue weighted by molar-refractivity contribution is 0.101. The quantitative estimate of drug-likeness (QED) is 0.858. The topological polar surface area (TPSA) is 67.2 Å². The molecule has 1 aromatic carbocycles. The first kappa shape index (κ1) is 15.3. The highest BCUT2D eigenvalue weighted by molar-refractivity contribution is 6.03. The number of amides is 1. The summed E-state index contributed by atoms with van der Waals surface area (Å²) in [5, 5.41) is 16.3. The zero-order valence-electron chi connectivity index (χ0n) is 12.4. The molecule has 2 N–H and O–H groups in total. The van der Waals surface area contributed by atoms with Crippen LogP contribution in [-0.2, 0) is 6.61 Å². The molecule has 5 heteroatoms. The number of aromatic nitrogens is 2.